The molecule has 1 aromatic heterocycles. The van der Waals surface area contributed by atoms with Crippen molar-refractivity contribution < 1.29 is 14.3 Å². The van der Waals surface area contributed by atoms with E-state index in [9.17, 15) is 4.79 Å². The molecule has 2 amide bonds. The molecule has 1 aliphatic carbocycles. The fraction of sp³-hybridized carbons (Fsp3) is 0.444. The summed E-state index contributed by atoms with van der Waals surface area (Å²) in [4.78, 5) is 12.1. The number of hydrogen-bond acceptors (Lipinski definition) is 4. The molecule has 0 bridgehead atoms. The smallest absolute Gasteiger partial charge is 0.319 e. The van der Waals surface area contributed by atoms with Gasteiger partial charge < -0.3 is 20.1 Å². The van der Waals surface area contributed by atoms with Gasteiger partial charge in [-0.1, -0.05) is 12.1 Å². The number of nitrogens with zero attached hydrogens (tertiary/aromatic N) is 2. The van der Waals surface area contributed by atoms with E-state index < -0.39 is 0 Å². The second-order valence-electron chi connectivity index (χ2n) is 6.18. The van der Waals surface area contributed by atoms with Gasteiger partial charge in [0.2, 0.25) is 0 Å². The van der Waals surface area contributed by atoms with E-state index in [-0.39, 0.29) is 18.2 Å². The van der Waals surface area contributed by atoms with Crippen molar-refractivity contribution in [2.45, 2.75) is 38.0 Å². The summed E-state index contributed by atoms with van der Waals surface area (Å²) in [5, 5.41) is 10.1. The van der Waals surface area contributed by atoms with Crippen LogP contribution in [-0.4, -0.2) is 42.2 Å². The number of anilines is 1. The van der Waals surface area contributed by atoms with Gasteiger partial charge in [-0.25, -0.2) is 4.79 Å². The van der Waals surface area contributed by atoms with Crippen LogP contribution in [0.3, 0.4) is 0 Å². The van der Waals surface area contributed by atoms with Crippen LogP contribution in [0.4, 0.5) is 10.5 Å². The molecule has 1 aliphatic rings. The van der Waals surface area contributed by atoms with Crippen LogP contribution in [0.5, 0.6) is 5.75 Å². The third-order valence-electron chi connectivity index (χ3n) is 4.47. The normalized spacial score (nSPS) is 19.6. The largest absolute Gasteiger partial charge is 0.497 e. The maximum atomic E-state index is 12.1. The van der Waals surface area contributed by atoms with Crippen molar-refractivity contribution >= 4 is 11.7 Å². The minimum atomic E-state index is -0.224. The molecule has 0 spiro atoms. The van der Waals surface area contributed by atoms with Crippen LogP contribution in [0.2, 0.25) is 0 Å². The van der Waals surface area contributed by atoms with Crippen LogP contribution in [0.1, 0.15) is 24.8 Å². The van der Waals surface area contributed by atoms with Gasteiger partial charge in [0.05, 0.1) is 37.7 Å². The van der Waals surface area contributed by atoms with E-state index in [1.165, 1.54) is 0 Å². The van der Waals surface area contributed by atoms with Crippen LogP contribution in [0, 0.1) is 0 Å². The molecule has 0 saturated heterocycles. The molecule has 2 atom stereocenters. The van der Waals surface area contributed by atoms with Gasteiger partial charge >= 0.3 is 6.03 Å². The summed E-state index contributed by atoms with van der Waals surface area (Å²) in [6, 6.07) is 7.66. The Morgan fingerprint density at radius 1 is 1.28 bits per heavy atom. The number of methoxy groups -OCH3 is 2. The van der Waals surface area contributed by atoms with Crippen molar-refractivity contribution in [3.05, 3.63) is 42.2 Å². The SMILES string of the molecule is COc1ccc(Cn2cc(NC(=O)N[C@@H]3CCC[C@H]3OC)cn2)cc1. The minimum Gasteiger partial charge on any atom is -0.497 e. The lowest BCUT2D eigenvalue weighted by atomic mass is 10.2. The Labute approximate surface area is 147 Å². The molecular weight excluding hydrogens is 320 g/mol. The van der Waals surface area contributed by atoms with Crippen LogP contribution in [-0.2, 0) is 11.3 Å². The highest BCUT2D eigenvalue weighted by molar-refractivity contribution is 5.89. The molecule has 1 aromatic carbocycles. The van der Waals surface area contributed by atoms with Crippen molar-refractivity contribution in [3.8, 4) is 5.75 Å². The molecular formula is C18H24N4O3. The van der Waals surface area contributed by atoms with Crippen molar-refractivity contribution in [2.24, 2.45) is 0 Å². The quantitative estimate of drug-likeness (QED) is 0.844. The van der Waals surface area contributed by atoms with Crippen molar-refractivity contribution in [1.82, 2.24) is 15.1 Å². The third-order valence-corrected chi connectivity index (χ3v) is 4.47. The summed E-state index contributed by atoms with van der Waals surface area (Å²) >= 11 is 0. The number of hydrogen-bond donors (Lipinski definition) is 2. The average molecular weight is 344 g/mol. The predicted molar refractivity (Wildman–Crippen MR) is 94.9 cm³/mol. The molecule has 25 heavy (non-hydrogen) atoms. The number of carbonyl (C=O) groups excluding carboxylic acids is 1. The Morgan fingerprint density at radius 3 is 2.80 bits per heavy atom. The number of nitrogens with one attached hydrogen (secondary N) is 2. The van der Waals surface area contributed by atoms with Crippen LogP contribution >= 0.6 is 0 Å². The standard InChI is InChI=1S/C18H24N4O3/c1-24-15-8-6-13(7-9-15)11-22-12-14(10-19-22)20-18(23)21-16-4-3-5-17(16)25-2/h6-10,12,16-17H,3-5,11H2,1-2H3,(H2,20,21,23)/t16-,17-/m1/s1. The van der Waals surface area contributed by atoms with Crippen molar-refractivity contribution in [3.63, 3.8) is 0 Å². The molecule has 1 fully saturated rings. The van der Waals surface area contributed by atoms with E-state index in [0.717, 1.165) is 30.6 Å². The molecule has 2 N–H and O–H groups in total. The first kappa shape index (κ1) is 17.3. The van der Waals surface area contributed by atoms with E-state index >= 15 is 0 Å². The van der Waals surface area contributed by atoms with Crippen LogP contribution in [0.25, 0.3) is 0 Å². The molecule has 1 heterocycles. The summed E-state index contributed by atoms with van der Waals surface area (Å²) in [5.41, 5.74) is 1.77. The Kier molecular flexibility index (Phi) is 5.55. The summed E-state index contributed by atoms with van der Waals surface area (Å²) in [6.07, 6.45) is 6.56. The zero-order valence-corrected chi connectivity index (χ0v) is 14.6. The lowest BCUT2D eigenvalue weighted by molar-refractivity contribution is 0.0882. The first-order chi connectivity index (χ1) is 12.2. The average Bonchev–Trinajstić information content (AvgIpc) is 3.24. The molecule has 7 nitrogen and oxygen atoms in total. The molecule has 0 radical (unpaired) electrons. The fourth-order valence-electron chi connectivity index (χ4n) is 3.14. The Morgan fingerprint density at radius 2 is 2.08 bits per heavy atom. The van der Waals surface area contributed by atoms with Gasteiger partial charge in [0.15, 0.2) is 0 Å². The van der Waals surface area contributed by atoms with Gasteiger partial charge in [0.1, 0.15) is 5.75 Å². The van der Waals surface area contributed by atoms with Gasteiger partial charge in [0.25, 0.3) is 0 Å². The summed E-state index contributed by atoms with van der Waals surface area (Å²) in [5.74, 6) is 0.824. The summed E-state index contributed by atoms with van der Waals surface area (Å²) < 4.78 is 12.3. The van der Waals surface area contributed by atoms with Gasteiger partial charge in [-0.05, 0) is 37.0 Å². The van der Waals surface area contributed by atoms with Gasteiger partial charge in [-0.3, -0.25) is 4.68 Å². The first-order valence-electron chi connectivity index (χ1n) is 8.43. The number of aromatic nitrogens is 2. The minimum absolute atomic E-state index is 0.0688. The van der Waals surface area contributed by atoms with Crippen molar-refractivity contribution in [1.29, 1.82) is 0 Å². The van der Waals surface area contributed by atoms with Crippen LogP contribution in [0.15, 0.2) is 36.7 Å². The summed E-state index contributed by atoms with van der Waals surface area (Å²) in [7, 11) is 3.33. The lowest BCUT2D eigenvalue weighted by Gasteiger charge is -2.19. The summed E-state index contributed by atoms with van der Waals surface area (Å²) in [6.45, 7) is 0.627. The topological polar surface area (TPSA) is 77.4 Å². The van der Waals surface area contributed by atoms with E-state index in [2.05, 4.69) is 15.7 Å². The first-order valence-corrected chi connectivity index (χ1v) is 8.43. The van der Waals surface area contributed by atoms with Crippen molar-refractivity contribution in [2.75, 3.05) is 19.5 Å². The van der Waals surface area contributed by atoms with Crippen LogP contribution < -0.4 is 15.4 Å². The number of urea groups is 1. The maximum absolute atomic E-state index is 12.1. The van der Waals surface area contributed by atoms with Gasteiger partial charge in [-0.15, -0.1) is 0 Å². The Balaban J connectivity index is 1.53. The number of rotatable bonds is 6. The number of carbonyl (C=O) groups is 1. The molecule has 1 saturated carbocycles. The zero-order valence-electron chi connectivity index (χ0n) is 14.6. The van der Waals surface area contributed by atoms with E-state index in [0.29, 0.717) is 12.2 Å². The van der Waals surface area contributed by atoms with E-state index in [4.69, 9.17) is 9.47 Å². The highest BCUT2D eigenvalue weighted by atomic mass is 16.5. The molecule has 7 heteroatoms. The molecule has 2 aromatic rings. The highest BCUT2D eigenvalue weighted by Crippen LogP contribution is 2.21. The maximum Gasteiger partial charge on any atom is 0.319 e. The molecule has 3 rings (SSSR count). The Hall–Kier alpha value is -2.54. The zero-order chi connectivity index (χ0) is 17.6. The molecule has 0 aliphatic heterocycles. The Bertz CT molecular complexity index is 699. The molecule has 134 valence electrons. The number of ether oxygens (including phenoxy) is 2. The fourth-order valence-corrected chi connectivity index (χ4v) is 3.14. The third kappa shape index (κ3) is 4.51. The lowest BCUT2D eigenvalue weighted by Crippen LogP contribution is -2.42. The van der Waals surface area contributed by atoms with Gasteiger partial charge in [-0.2, -0.15) is 5.10 Å². The second kappa shape index (κ2) is 8.02. The van der Waals surface area contributed by atoms with E-state index in [1.54, 1.807) is 25.1 Å². The number of amides is 2. The second-order valence-corrected chi connectivity index (χ2v) is 6.18. The predicted octanol–water partition coefficient (Wildman–Crippen LogP) is 2.63. The monoisotopic (exact) mass is 344 g/mol. The van der Waals surface area contributed by atoms with E-state index in [1.807, 2.05) is 30.5 Å². The van der Waals surface area contributed by atoms with Gasteiger partial charge in [0, 0.05) is 13.3 Å². The molecule has 0 unspecified atom stereocenters. The number of benzene rings is 1. The highest BCUT2D eigenvalue weighted by Gasteiger charge is 2.28.